The molecule has 0 aliphatic rings. The van der Waals surface area contributed by atoms with Crippen molar-refractivity contribution >= 4 is 25.5 Å². The maximum absolute atomic E-state index is 12.7. The average molecular weight is 432 g/mol. The van der Waals surface area contributed by atoms with Gasteiger partial charge < -0.3 is 0 Å². The predicted octanol–water partition coefficient (Wildman–Crippen LogP) is 3.35. The highest BCUT2D eigenvalue weighted by Gasteiger charge is 2.17. The lowest BCUT2D eigenvalue weighted by Gasteiger charge is -2.11. The molecule has 1 heterocycles. The Morgan fingerprint density at radius 2 is 1.55 bits per heavy atom. The number of hydrogen-bond acceptors (Lipinski definition) is 6. The fraction of sp³-hybridized carbons (Fsp3) is 0.200. The van der Waals surface area contributed by atoms with Crippen molar-refractivity contribution in [3.05, 3.63) is 65.7 Å². The van der Waals surface area contributed by atoms with Gasteiger partial charge >= 0.3 is 0 Å². The molecule has 0 bridgehead atoms. The van der Waals surface area contributed by atoms with Crippen LogP contribution < -0.4 is 4.72 Å². The minimum absolute atomic E-state index is 0.0454. The van der Waals surface area contributed by atoms with E-state index in [1.165, 1.54) is 6.07 Å². The van der Waals surface area contributed by atoms with Gasteiger partial charge in [-0.3, -0.25) is 4.72 Å². The second-order valence-electron chi connectivity index (χ2n) is 6.61. The Bertz CT molecular complexity index is 1240. The van der Waals surface area contributed by atoms with E-state index in [1.54, 1.807) is 56.3 Å². The van der Waals surface area contributed by atoms with Gasteiger partial charge in [-0.05, 0) is 55.3 Å². The van der Waals surface area contributed by atoms with Crippen LogP contribution in [0.15, 0.2) is 64.5 Å². The topological polar surface area (TPSA) is 106 Å². The van der Waals surface area contributed by atoms with E-state index in [2.05, 4.69) is 14.9 Å². The smallest absolute Gasteiger partial charge is 0.262 e. The molecule has 0 spiro atoms. The van der Waals surface area contributed by atoms with Crippen LogP contribution in [0.2, 0.25) is 0 Å². The van der Waals surface area contributed by atoms with Crippen LogP contribution in [0.3, 0.4) is 0 Å². The zero-order valence-corrected chi connectivity index (χ0v) is 17.9. The summed E-state index contributed by atoms with van der Waals surface area (Å²) in [6.45, 7) is 5.13. The first-order valence-electron chi connectivity index (χ1n) is 8.89. The summed E-state index contributed by atoms with van der Waals surface area (Å²) in [5.41, 5.74) is 3.11. The third-order valence-electron chi connectivity index (χ3n) is 4.40. The molecule has 0 unspecified atom stereocenters. The second kappa shape index (κ2) is 7.92. The number of aryl methyl sites for hydroxylation is 2. The van der Waals surface area contributed by atoms with E-state index in [9.17, 15) is 16.8 Å². The number of sulfone groups is 1. The number of sulfonamides is 1. The van der Waals surface area contributed by atoms with E-state index in [1.807, 2.05) is 13.0 Å². The zero-order valence-electron chi connectivity index (χ0n) is 16.2. The Morgan fingerprint density at radius 1 is 0.862 bits per heavy atom. The molecule has 0 aliphatic carbocycles. The van der Waals surface area contributed by atoms with Gasteiger partial charge in [-0.25, -0.2) is 16.8 Å². The molecule has 9 heteroatoms. The summed E-state index contributed by atoms with van der Waals surface area (Å²) in [7, 11) is -7.12. The van der Waals surface area contributed by atoms with Crippen molar-refractivity contribution in [1.82, 2.24) is 10.2 Å². The van der Waals surface area contributed by atoms with Crippen molar-refractivity contribution in [1.29, 1.82) is 0 Å². The van der Waals surface area contributed by atoms with Crippen molar-refractivity contribution < 1.29 is 16.8 Å². The number of nitrogens with zero attached hydrogens (tertiary/aromatic N) is 2. The average Bonchev–Trinajstić information content (AvgIpc) is 2.70. The van der Waals surface area contributed by atoms with E-state index in [0.717, 1.165) is 5.56 Å². The van der Waals surface area contributed by atoms with Crippen LogP contribution in [-0.2, 0) is 19.9 Å². The SMILES string of the molecule is CCS(=O)(=O)c1ccc(-c2ccc(NS(=O)(=O)c3cc(C)ccc3C)cc2)nn1. The normalized spacial score (nSPS) is 12.0. The number of nitrogens with one attached hydrogen (secondary N) is 1. The van der Waals surface area contributed by atoms with E-state index in [0.29, 0.717) is 22.5 Å². The van der Waals surface area contributed by atoms with Crippen LogP contribution in [0.25, 0.3) is 11.3 Å². The maximum Gasteiger partial charge on any atom is 0.262 e. The third-order valence-corrected chi connectivity index (χ3v) is 7.54. The fourth-order valence-electron chi connectivity index (χ4n) is 2.70. The number of rotatable bonds is 6. The highest BCUT2D eigenvalue weighted by Crippen LogP contribution is 2.23. The molecule has 0 radical (unpaired) electrons. The van der Waals surface area contributed by atoms with Crippen LogP contribution in [0.4, 0.5) is 5.69 Å². The van der Waals surface area contributed by atoms with Gasteiger partial charge in [0.15, 0.2) is 14.9 Å². The van der Waals surface area contributed by atoms with E-state index >= 15 is 0 Å². The summed E-state index contributed by atoms with van der Waals surface area (Å²) in [4.78, 5) is 0.236. The molecule has 0 saturated heterocycles. The molecule has 0 fully saturated rings. The van der Waals surface area contributed by atoms with Crippen molar-refractivity contribution in [2.45, 2.75) is 30.7 Å². The minimum atomic E-state index is -3.71. The molecule has 1 aromatic heterocycles. The van der Waals surface area contributed by atoms with Crippen molar-refractivity contribution in [2.75, 3.05) is 10.5 Å². The maximum atomic E-state index is 12.7. The van der Waals surface area contributed by atoms with Gasteiger partial charge in [0, 0.05) is 11.3 Å². The van der Waals surface area contributed by atoms with E-state index < -0.39 is 19.9 Å². The first-order chi connectivity index (χ1) is 13.6. The minimum Gasteiger partial charge on any atom is -0.280 e. The Balaban J connectivity index is 1.83. The van der Waals surface area contributed by atoms with Crippen LogP contribution in [0.1, 0.15) is 18.1 Å². The van der Waals surface area contributed by atoms with Gasteiger partial charge in [0.1, 0.15) is 0 Å². The van der Waals surface area contributed by atoms with Gasteiger partial charge in [0.05, 0.1) is 16.3 Å². The fourth-order valence-corrected chi connectivity index (χ4v) is 4.83. The Hall–Kier alpha value is -2.78. The predicted molar refractivity (Wildman–Crippen MR) is 112 cm³/mol. The molecule has 7 nitrogen and oxygen atoms in total. The lowest BCUT2D eigenvalue weighted by Crippen LogP contribution is -2.14. The monoisotopic (exact) mass is 431 g/mol. The number of anilines is 1. The van der Waals surface area contributed by atoms with Gasteiger partial charge in [0.2, 0.25) is 0 Å². The van der Waals surface area contributed by atoms with E-state index in [4.69, 9.17) is 0 Å². The van der Waals surface area contributed by atoms with Crippen LogP contribution in [-0.4, -0.2) is 32.8 Å². The molecule has 0 saturated carbocycles. The summed E-state index contributed by atoms with van der Waals surface area (Å²) in [5, 5.41) is 7.69. The third kappa shape index (κ3) is 4.63. The van der Waals surface area contributed by atoms with E-state index in [-0.39, 0.29) is 15.7 Å². The molecule has 1 N–H and O–H groups in total. The molecule has 152 valence electrons. The Morgan fingerprint density at radius 3 is 2.14 bits per heavy atom. The van der Waals surface area contributed by atoms with Crippen molar-refractivity contribution in [2.24, 2.45) is 0 Å². The molecule has 29 heavy (non-hydrogen) atoms. The molecule has 3 aromatic rings. The molecule has 2 aromatic carbocycles. The van der Waals surface area contributed by atoms with Crippen LogP contribution >= 0.6 is 0 Å². The van der Waals surface area contributed by atoms with Gasteiger partial charge in [0.25, 0.3) is 10.0 Å². The second-order valence-corrected chi connectivity index (χ2v) is 10.5. The molecule has 3 rings (SSSR count). The number of benzene rings is 2. The molecule has 0 atom stereocenters. The first-order valence-corrected chi connectivity index (χ1v) is 12.0. The standard InChI is InChI=1S/C20H21N3O4S2/c1-4-28(24,25)20-12-11-18(21-22-20)16-7-9-17(10-8-16)23-29(26,27)19-13-14(2)5-6-15(19)3/h5-13,23H,4H2,1-3H3. The van der Waals surface area contributed by atoms with Gasteiger partial charge in [-0.15, -0.1) is 10.2 Å². The quantitative estimate of drug-likeness (QED) is 0.641. The lowest BCUT2D eigenvalue weighted by atomic mass is 10.1. The molecule has 0 amide bonds. The highest BCUT2D eigenvalue weighted by molar-refractivity contribution is 7.92. The number of aromatic nitrogens is 2. The molecule has 0 aliphatic heterocycles. The Kier molecular flexibility index (Phi) is 5.72. The van der Waals surface area contributed by atoms with Crippen LogP contribution in [0.5, 0.6) is 0 Å². The van der Waals surface area contributed by atoms with Gasteiger partial charge in [-0.2, -0.15) is 0 Å². The van der Waals surface area contributed by atoms with Crippen molar-refractivity contribution in [3.63, 3.8) is 0 Å². The van der Waals surface area contributed by atoms with Crippen molar-refractivity contribution in [3.8, 4) is 11.3 Å². The zero-order chi connectivity index (χ0) is 21.2. The number of hydrogen-bond donors (Lipinski definition) is 1. The van der Waals surface area contributed by atoms with Gasteiger partial charge in [-0.1, -0.05) is 31.2 Å². The van der Waals surface area contributed by atoms with Crippen LogP contribution in [0, 0.1) is 13.8 Å². The summed E-state index contributed by atoms with van der Waals surface area (Å²) >= 11 is 0. The highest BCUT2D eigenvalue weighted by atomic mass is 32.2. The molecular weight excluding hydrogens is 410 g/mol. The lowest BCUT2D eigenvalue weighted by molar-refractivity contribution is 0.591. The first kappa shape index (κ1) is 20.9. The summed E-state index contributed by atoms with van der Waals surface area (Å²) in [6.07, 6.45) is 0. The molecular formula is C20H21N3O4S2. The summed E-state index contributed by atoms with van der Waals surface area (Å²) < 4.78 is 51.6. The Labute approximate surface area is 170 Å². The summed E-state index contributed by atoms with van der Waals surface area (Å²) in [6, 6.07) is 14.9. The largest absolute Gasteiger partial charge is 0.280 e. The summed E-state index contributed by atoms with van der Waals surface area (Å²) in [5.74, 6) is -0.0454.